The fourth-order valence-electron chi connectivity index (χ4n) is 1.87. The van der Waals surface area contributed by atoms with Gasteiger partial charge in [-0.3, -0.25) is 10.6 Å². The number of hydrogen-bond donors (Lipinski definition) is 2. The molecule has 0 heterocycles. The summed E-state index contributed by atoms with van der Waals surface area (Å²) in [5, 5.41) is 6.79. The Hall–Kier alpha value is -2.76. The second kappa shape index (κ2) is 5.92. The Morgan fingerprint density at radius 3 is 1.70 bits per heavy atom. The first kappa shape index (κ1) is 13.7. The van der Waals surface area contributed by atoms with Crippen LogP contribution in [-0.2, 0) is 9.47 Å². The van der Waals surface area contributed by atoms with Gasteiger partial charge in [-0.2, -0.15) is 0 Å². The molecule has 2 aromatic carbocycles. The molecule has 104 valence electrons. The van der Waals surface area contributed by atoms with E-state index in [1.165, 1.54) is 14.2 Å². The number of hydrogen-bond acceptors (Lipinski definition) is 4. The average Bonchev–Trinajstić information content (AvgIpc) is 2.47. The quantitative estimate of drug-likeness (QED) is 0.881. The van der Waals surface area contributed by atoms with Gasteiger partial charge in [-0.25, -0.2) is 9.59 Å². The molecule has 0 saturated heterocycles. The Balaban J connectivity index is 2.52. The maximum absolute atomic E-state index is 11.4. The van der Waals surface area contributed by atoms with Crippen LogP contribution < -0.4 is 10.6 Å². The van der Waals surface area contributed by atoms with Gasteiger partial charge in [-0.15, -0.1) is 0 Å². The smallest absolute Gasteiger partial charge is 0.411 e. The van der Waals surface area contributed by atoms with Gasteiger partial charge in [0.25, 0.3) is 0 Å². The summed E-state index contributed by atoms with van der Waals surface area (Å²) in [5.41, 5.74) is 1.09. The number of nitrogens with one attached hydrogen (secondary N) is 2. The summed E-state index contributed by atoms with van der Waals surface area (Å²) in [6.07, 6.45) is -1.16. The van der Waals surface area contributed by atoms with E-state index < -0.39 is 12.2 Å². The van der Waals surface area contributed by atoms with E-state index in [-0.39, 0.29) is 0 Å². The SMILES string of the molecule is COC(=O)Nc1cccc2cccc(NC(=O)OC)c12. The Morgan fingerprint density at radius 1 is 0.850 bits per heavy atom. The van der Waals surface area contributed by atoms with Gasteiger partial charge >= 0.3 is 12.2 Å². The summed E-state index contributed by atoms with van der Waals surface area (Å²) >= 11 is 0. The molecular weight excluding hydrogens is 260 g/mol. The van der Waals surface area contributed by atoms with Crippen molar-refractivity contribution < 1.29 is 19.1 Å². The monoisotopic (exact) mass is 274 g/mol. The lowest BCUT2D eigenvalue weighted by atomic mass is 10.1. The molecule has 0 spiro atoms. The van der Waals surface area contributed by atoms with E-state index >= 15 is 0 Å². The molecule has 0 aromatic heterocycles. The molecule has 6 nitrogen and oxygen atoms in total. The number of methoxy groups -OCH3 is 2. The Labute approximate surface area is 115 Å². The summed E-state index contributed by atoms with van der Waals surface area (Å²) in [6, 6.07) is 10.8. The number of rotatable bonds is 2. The van der Waals surface area contributed by atoms with Gasteiger partial charge in [0, 0.05) is 5.39 Å². The molecular formula is C14H14N2O4. The Kier molecular flexibility index (Phi) is 4.05. The van der Waals surface area contributed by atoms with Crippen molar-refractivity contribution >= 4 is 34.3 Å². The molecule has 2 N–H and O–H groups in total. The average molecular weight is 274 g/mol. The van der Waals surface area contributed by atoms with Crippen LogP contribution in [0.3, 0.4) is 0 Å². The minimum Gasteiger partial charge on any atom is -0.453 e. The lowest BCUT2D eigenvalue weighted by molar-refractivity contribution is 0.186. The van der Waals surface area contributed by atoms with Gasteiger partial charge in [0.1, 0.15) is 0 Å². The van der Waals surface area contributed by atoms with Crippen molar-refractivity contribution in [1.29, 1.82) is 0 Å². The molecule has 0 unspecified atom stereocenters. The van der Waals surface area contributed by atoms with Crippen LogP contribution in [0.15, 0.2) is 36.4 Å². The molecule has 2 amide bonds. The van der Waals surface area contributed by atoms with E-state index in [9.17, 15) is 9.59 Å². The van der Waals surface area contributed by atoms with Crippen molar-refractivity contribution in [3.05, 3.63) is 36.4 Å². The van der Waals surface area contributed by atoms with Crippen molar-refractivity contribution in [3.8, 4) is 0 Å². The fourth-order valence-corrected chi connectivity index (χ4v) is 1.87. The van der Waals surface area contributed by atoms with Crippen LogP contribution in [-0.4, -0.2) is 26.4 Å². The molecule has 0 atom stereocenters. The first-order chi connectivity index (χ1) is 9.65. The molecule has 0 aliphatic heterocycles. The third kappa shape index (κ3) is 2.80. The third-order valence-electron chi connectivity index (χ3n) is 2.75. The number of amides is 2. The number of anilines is 2. The van der Waals surface area contributed by atoms with Crippen LogP contribution in [0.1, 0.15) is 0 Å². The van der Waals surface area contributed by atoms with Crippen LogP contribution in [0.5, 0.6) is 0 Å². The minimum atomic E-state index is -0.578. The summed E-state index contributed by atoms with van der Waals surface area (Å²) in [4.78, 5) is 22.7. The van der Waals surface area contributed by atoms with E-state index in [0.29, 0.717) is 16.8 Å². The standard InChI is InChI=1S/C14H14N2O4/c1-19-13(17)15-10-7-3-5-9-6-4-8-11(12(9)10)16-14(18)20-2/h3-8H,1-2H3,(H,15,17)(H,16,18). The van der Waals surface area contributed by atoms with Crippen molar-refractivity contribution in [3.63, 3.8) is 0 Å². The molecule has 0 aliphatic carbocycles. The fraction of sp³-hybridized carbons (Fsp3) is 0.143. The highest BCUT2D eigenvalue weighted by Gasteiger charge is 2.11. The maximum Gasteiger partial charge on any atom is 0.411 e. The van der Waals surface area contributed by atoms with Crippen LogP contribution >= 0.6 is 0 Å². The highest BCUT2D eigenvalue weighted by molar-refractivity contribution is 6.09. The largest absolute Gasteiger partial charge is 0.453 e. The Morgan fingerprint density at radius 2 is 1.30 bits per heavy atom. The lowest BCUT2D eigenvalue weighted by Crippen LogP contribution is -2.13. The van der Waals surface area contributed by atoms with Crippen LogP contribution in [0, 0.1) is 0 Å². The highest BCUT2D eigenvalue weighted by atomic mass is 16.5. The first-order valence-electron chi connectivity index (χ1n) is 5.87. The number of ether oxygens (including phenoxy) is 2. The van der Waals surface area contributed by atoms with Gasteiger partial charge in [0.05, 0.1) is 25.6 Å². The van der Waals surface area contributed by atoms with E-state index in [2.05, 4.69) is 20.1 Å². The summed E-state index contributed by atoms with van der Waals surface area (Å²) in [5.74, 6) is 0. The number of carbonyl (C=O) groups excluding carboxylic acids is 2. The molecule has 0 fully saturated rings. The molecule has 0 radical (unpaired) electrons. The topological polar surface area (TPSA) is 76.7 Å². The third-order valence-corrected chi connectivity index (χ3v) is 2.75. The molecule has 2 rings (SSSR count). The van der Waals surface area contributed by atoms with Gasteiger partial charge in [0.15, 0.2) is 0 Å². The van der Waals surface area contributed by atoms with E-state index in [4.69, 9.17) is 0 Å². The lowest BCUT2D eigenvalue weighted by Gasteiger charge is -2.12. The molecule has 0 aliphatic rings. The van der Waals surface area contributed by atoms with Crippen LogP contribution in [0.25, 0.3) is 10.8 Å². The molecule has 0 bridgehead atoms. The highest BCUT2D eigenvalue weighted by Crippen LogP contribution is 2.30. The van der Waals surface area contributed by atoms with Gasteiger partial charge in [0.2, 0.25) is 0 Å². The van der Waals surface area contributed by atoms with Gasteiger partial charge in [-0.1, -0.05) is 24.3 Å². The minimum absolute atomic E-state index is 0.543. The first-order valence-corrected chi connectivity index (χ1v) is 5.87. The van der Waals surface area contributed by atoms with Gasteiger partial charge < -0.3 is 9.47 Å². The zero-order valence-corrected chi connectivity index (χ0v) is 11.1. The molecule has 0 saturated carbocycles. The predicted octanol–water partition coefficient (Wildman–Crippen LogP) is 3.20. The molecule has 6 heteroatoms. The van der Waals surface area contributed by atoms with Crippen molar-refractivity contribution in [2.45, 2.75) is 0 Å². The second-order valence-corrected chi connectivity index (χ2v) is 3.94. The second-order valence-electron chi connectivity index (χ2n) is 3.94. The summed E-state index contributed by atoms with van der Waals surface area (Å²) in [6.45, 7) is 0. The zero-order valence-electron chi connectivity index (χ0n) is 11.1. The van der Waals surface area contributed by atoms with Crippen LogP contribution in [0.4, 0.5) is 21.0 Å². The van der Waals surface area contributed by atoms with Crippen molar-refractivity contribution in [1.82, 2.24) is 0 Å². The molecule has 2 aromatic rings. The molecule has 20 heavy (non-hydrogen) atoms. The number of carbonyl (C=O) groups is 2. The van der Waals surface area contributed by atoms with E-state index in [0.717, 1.165) is 5.39 Å². The Bertz CT molecular complexity index is 602. The van der Waals surface area contributed by atoms with Crippen LogP contribution in [0.2, 0.25) is 0 Å². The predicted molar refractivity (Wildman–Crippen MR) is 76.0 cm³/mol. The summed E-state index contributed by atoms with van der Waals surface area (Å²) in [7, 11) is 2.57. The normalized spacial score (nSPS) is 9.90. The summed E-state index contributed by atoms with van der Waals surface area (Å²) < 4.78 is 9.17. The van der Waals surface area contributed by atoms with E-state index in [1.807, 2.05) is 12.1 Å². The maximum atomic E-state index is 11.4. The van der Waals surface area contributed by atoms with Crippen molar-refractivity contribution in [2.24, 2.45) is 0 Å². The van der Waals surface area contributed by atoms with Crippen molar-refractivity contribution in [2.75, 3.05) is 24.9 Å². The number of fused-ring (bicyclic) bond motifs is 1. The number of benzene rings is 2. The zero-order chi connectivity index (χ0) is 14.5. The van der Waals surface area contributed by atoms with E-state index in [1.54, 1.807) is 24.3 Å². The van der Waals surface area contributed by atoms with Gasteiger partial charge in [-0.05, 0) is 17.5 Å².